The molecule has 0 bridgehead atoms. The van der Waals surface area contributed by atoms with Crippen LogP contribution in [0.25, 0.3) is 0 Å². The molecule has 3 rings (SSSR count). The van der Waals surface area contributed by atoms with E-state index in [4.69, 9.17) is 4.74 Å². The molecule has 0 unspecified atom stereocenters. The third-order valence-electron chi connectivity index (χ3n) is 3.39. The molecule has 1 N–H and O–H groups in total. The van der Waals surface area contributed by atoms with Gasteiger partial charge in [-0.2, -0.15) is 10.1 Å². The first kappa shape index (κ1) is 13.8. The Morgan fingerprint density at radius 2 is 2.10 bits per heavy atom. The van der Waals surface area contributed by atoms with Crippen molar-refractivity contribution in [2.75, 3.05) is 12.4 Å². The first-order valence-electron chi connectivity index (χ1n) is 6.33. The van der Waals surface area contributed by atoms with E-state index in [1.165, 1.54) is 13.4 Å². The Kier molecular flexibility index (Phi) is 3.50. The molecular formula is C14H13BrN4O2. The molecule has 0 radical (unpaired) electrons. The number of benzene rings is 1. The molecule has 0 saturated heterocycles. The maximum absolute atomic E-state index is 12.2. The second-order valence-corrected chi connectivity index (χ2v) is 5.55. The maximum Gasteiger partial charge on any atom is 0.338 e. The van der Waals surface area contributed by atoms with Crippen molar-refractivity contribution < 1.29 is 9.53 Å². The van der Waals surface area contributed by atoms with E-state index in [1.54, 1.807) is 4.68 Å². The number of halogens is 1. The summed E-state index contributed by atoms with van der Waals surface area (Å²) in [5.74, 6) is 0.224. The number of nitrogens with zero attached hydrogens (tertiary/aromatic N) is 3. The third kappa shape index (κ3) is 2.33. The monoisotopic (exact) mass is 348 g/mol. The van der Waals surface area contributed by atoms with Crippen molar-refractivity contribution in [3.05, 3.63) is 51.9 Å². The molecule has 1 atom stereocenters. The van der Waals surface area contributed by atoms with Gasteiger partial charge in [0.25, 0.3) is 0 Å². The summed E-state index contributed by atoms with van der Waals surface area (Å²) in [4.78, 5) is 16.3. The third-order valence-corrected chi connectivity index (χ3v) is 3.91. The van der Waals surface area contributed by atoms with Crippen LogP contribution >= 0.6 is 15.9 Å². The fourth-order valence-corrected chi connectivity index (χ4v) is 2.68. The number of methoxy groups -OCH3 is 1. The lowest BCUT2D eigenvalue weighted by Gasteiger charge is -2.27. The topological polar surface area (TPSA) is 69.0 Å². The molecule has 1 aliphatic rings. The summed E-state index contributed by atoms with van der Waals surface area (Å²) < 4.78 is 7.57. The van der Waals surface area contributed by atoms with Crippen molar-refractivity contribution in [3.63, 3.8) is 0 Å². The molecule has 0 amide bonds. The lowest BCUT2D eigenvalue weighted by Crippen LogP contribution is -2.29. The van der Waals surface area contributed by atoms with Gasteiger partial charge in [-0.3, -0.25) is 0 Å². The Hall–Kier alpha value is -2.15. The molecule has 0 fully saturated rings. The number of hydrogen-bond donors (Lipinski definition) is 1. The second kappa shape index (κ2) is 5.33. The van der Waals surface area contributed by atoms with Gasteiger partial charge in [-0.1, -0.05) is 28.1 Å². The Bertz CT molecular complexity index is 721. The van der Waals surface area contributed by atoms with Crippen LogP contribution in [-0.4, -0.2) is 27.8 Å². The number of esters is 1. The van der Waals surface area contributed by atoms with Gasteiger partial charge in [0, 0.05) is 10.2 Å². The Balaban J connectivity index is 2.17. The molecule has 1 aromatic heterocycles. The highest BCUT2D eigenvalue weighted by atomic mass is 79.9. The van der Waals surface area contributed by atoms with Gasteiger partial charge in [-0.05, 0) is 24.6 Å². The summed E-state index contributed by atoms with van der Waals surface area (Å²) in [5, 5.41) is 7.30. The summed E-state index contributed by atoms with van der Waals surface area (Å²) in [6.45, 7) is 1.83. The van der Waals surface area contributed by atoms with Gasteiger partial charge in [0.1, 0.15) is 12.4 Å². The van der Waals surface area contributed by atoms with Gasteiger partial charge < -0.3 is 10.1 Å². The molecule has 0 aliphatic carbocycles. The molecule has 108 valence electrons. The largest absolute Gasteiger partial charge is 0.466 e. The number of hydrogen-bond acceptors (Lipinski definition) is 5. The number of fused-ring (bicyclic) bond motifs is 1. The van der Waals surface area contributed by atoms with Gasteiger partial charge in [0.15, 0.2) is 0 Å². The van der Waals surface area contributed by atoms with Crippen molar-refractivity contribution in [3.8, 4) is 0 Å². The highest BCUT2D eigenvalue weighted by molar-refractivity contribution is 9.10. The molecule has 1 aromatic carbocycles. The molecule has 2 aromatic rings. The number of nitrogens with one attached hydrogen (secondary N) is 1. The van der Waals surface area contributed by atoms with E-state index in [1.807, 2.05) is 31.2 Å². The van der Waals surface area contributed by atoms with Gasteiger partial charge in [0.05, 0.1) is 12.7 Å². The van der Waals surface area contributed by atoms with Crippen LogP contribution in [0.2, 0.25) is 0 Å². The van der Waals surface area contributed by atoms with E-state index in [-0.39, 0.29) is 12.0 Å². The quantitative estimate of drug-likeness (QED) is 0.844. The Labute approximate surface area is 130 Å². The number of anilines is 1. The summed E-state index contributed by atoms with van der Waals surface area (Å²) in [7, 11) is 1.37. The van der Waals surface area contributed by atoms with Crippen molar-refractivity contribution in [2.24, 2.45) is 0 Å². The zero-order chi connectivity index (χ0) is 15.0. The standard InChI is InChI=1S/C14H13BrN4O2/c1-8-11(13(20)21-2)12(9-3-5-10(15)6-4-9)19-14(18-8)16-7-17-19/h3-7,12H,1-2H3,(H,16,17,18)/t12-/m1/s1. The van der Waals surface area contributed by atoms with Crippen LogP contribution in [0.4, 0.5) is 5.95 Å². The number of allylic oxidation sites excluding steroid dienone is 1. The van der Waals surface area contributed by atoms with Crippen molar-refractivity contribution in [1.29, 1.82) is 0 Å². The number of ether oxygens (including phenoxy) is 1. The fourth-order valence-electron chi connectivity index (χ4n) is 2.42. The van der Waals surface area contributed by atoms with Crippen LogP contribution in [0.15, 0.2) is 46.3 Å². The first-order valence-corrected chi connectivity index (χ1v) is 7.12. The molecule has 0 spiro atoms. The van der Waals surface area contributed by atoms with Crippen molar-refractivity contribution >= 4 is 27.8 Å². The number of carbonyl (C=O) groups is 1. The Morgan fingerprint density at radius 1 is 1.38 bits per heavy atom. The molecule has 1 aliphatic heterocycles. The van der Waals surface area contributed by atoms with E-state index in [0.29, 0.717) is 11.5 Å². The average molecular weight is 349 g/mol. The predicted molar refractivity (Wildman–Crippen MR) is 80.6 cm³/mol. The SMILES string of the molecule is COC(=O)C1=C(C)Nc2ncnn2[C@@H]1c1ccc(Br)cc1. The Morgan fingerprint density at radius 3 is 2.76 bits per heavy atom. The highest BCUT2D eigenvalue weighted by Crippen LogP contribution is 2.35. The zero-order valence-corrected chi connectivity index (χ0v) is 13.1. The minimum atomic E-state index is -0.380. The van der Waals surface area contributed by atoms with E-state index >= 15 is 0 Å². The molecular weight excluding hydrogens is 336 g/mol. The normalized spacial score (nSPS) is 17.2. The summed E-state index contributed by atoms with van der Waals surface area (Å²) in [5.41, 5.74) is 2.18. The summed E-state index contributed by atoms with van der Waals surface area (Å²) in [6.07, 6.45) is 1.46. The minimum Gasteiger partial charge on any atom is -0.466 e. The fraction of sp³-hybridized carbons (Fsp3) is 0.214. The van der Waals surface area contributed by atoms with Crippen LogP contribution in [0.1, 0.15) is 18.5 Å². The van der Waals surface area contributed by atoms with Crippen LogP contribution in [-0.2, 0) is 9.53 Å². The number of aromatic nitrogens is 3. The van der Waals surface area contributed by atoms with Gasteiger partial charge >= 0.3 is 5.97 Å². The van der Waals surface area contributed by atoms with Crippen LogP contribution in [0.3, 0.4) is 0 Å². The summed E-state index contributed by atoms with van der Waals surface area (Å²) in [6, 6.07) is 7.39. The first-order chi connectivity index (χ1) is 10.1. The predicted octanol–water partition coefficient (Wildman–Crippen LogP) is 2.50. The smallest absolute Gasteiger partial charge is 0.338 e. The van der Waals surface area contributed by atoms with Crippen LogP contribution in [0.5, 0.6) is 0 Å². The average Bonchev–Trinajstić information content (AvgIpc) is 2.94. The summed E-state index contributed by atoms with van der Waals surface area (Å²) >= 11 is 3.41. The van der Waals surface area contributed by atoms with Crippen LogP contribution < -0.4 is 5.32 Å². The number of carbonyl (C=O) groups excluding carboxylic acids is 1. The second-order valence-electron chi connectivity index (χ2n) is 4.64. The zero-order valence-electron chi connectivity index (χ0n) is 11.5. The van der Waals surface area contributed by atoms with Crippen LogP contribution in [0, 0.1) is 0 Å². The molecule has 6 nitrogen and oxygen atoms in total. The van der Waals surface area contributed by atoms with Gasteiger partial charge in [0.2, 0.25) is 5.95 Å². The van der Waals surface area contributed by atoms with Gasteiger partial charge in [-0.25, -0.2) is 9.48 Å². The number of rotatable bonds is 2. The van der Waals surface area contributed by atoms with E-state index in [9.17, 15) is 4.79 Å². The molecule has 21 heavy (non-hydrogen) atoms. The molecule has 0 saturated carbocycles. The molecule has 2 heterocycles. The minimum absolute atomic E-state index is 0.357. The lowest BCUT2D eigenvalue weighted by atomic mass is 9.96. The molecule has 7 heteroatoms. The lowest BCUT2D eigenvalue weighted by molar-refractivity contribution is -0.136. The van der Waals surface area contributed by atoms with Crippen molar-refractivity contribution in [1.82, 2.24) is 14.8 Å². The van der Waals surface area contributed by atoms with Crippen molar-refractivity contribution in [2.45, 2.75) is 13.0 Å². The van der Waals surface area contributed by atoms with E-state index in [2.05, 4.69) is 31.3 Å². The highest BCUT2D eigenvalue weighted by Gasteiger charge is 2.33. The van der Waals surface area contributed by atoms with Gasteiger partial charge in [-0.15, -0.1) is 0 Å². The van der Waals surface area contributed by atoms with E-state index < -0.39 is 0 Å². The van der Waals surface area contributed by atoms with E-state index in [0.717, 1.165) is 15.7 Å². The maximum atomic E-state index is 12.2.